The molecule has 3 heteroatoms. The van der Waals surface area contributed by atoms with Gasteiger partial charge in [-0.05, 0) is 32.6 Å². The molecular weight excluding hydrogens is 216 g/mol. The van der Waals surface area contributed by atoms with Crippen LogP contribution in [0.4, 0.5) is 0 Å². The van der Waals surface area contributed by atoms with Crippen molar-refractivity contribution in [3.63, 3.8) is 0 Å². The summed E-state index contributed by atoms with van der Waals surface area (Å²) in [7, 11) is 0. The minimum atomic E-state index is 0.728. The van der Waals surface area contributed by atoms with Crippen molar-refractivity contribution in [1.29, 1.82) is 0 Å². The van der Waals surface area contributed by atoms with E-state index < -0.39 is 0 Å². The van der Waals surface area contributed by atoms with Gasteiger partial charge in [-0.2, -0.15) is 0 Å². The topological polar surface area (TPSA) is 24.9 Å². The molecule has 1 fully saturated rings. The number of nitrogens with zero attached hydrogens (tertiary/aromatic N) is 1. The molecule has 1 aromatic heterocycles. The highest BCUT2D eigenvalue weighted by atomic mass is 32.1. The molecule has 90 valence electrons. The molecule has 2 unspecified atom stereocenters. The van der Waals surface area contributed by atoms with Gasteiger partial charge in [-0.1, -0.05) is 19.8 Å². The highest BCUT2D eigenvalue weighted by Crippen LogP contribution is 2.28. The molecule has 1 aliphatic rings. The molecule has 1 aliphatic carbocycles. The number of aromatic nitrogens is 1. The van der Waals surface area contributed by atoms with E-state index in [-0.39, 0.29) is 0 Å². The molecule has 1 N–H and O–H groups in total. The van der Waals surface area contributed by atoms with Gasteiger partial charge in [-0.25, -0.2) is 4.98 Å². The Kier molecular flexibility index (Phi) is 3.98. The fraction of sp³-hybridized carbons (Fsp3) is 0.769. The van der Waals surface area contributed by atoms with Gasteiger partial charge in [0.15, 0.2) is 0 Å². The maximum Gasteiger partial charge on any atom is 0.0900 e. The fourth-order valence-corrected chi connectivity index (χ4v) is 3.59. The molecule has 2 rings (SSSR count). The van der Waals surface area contributed by atoms with Gasteiger partial charge in [-0.3, -0.25) is 0 Å². The predicted molar refractivity (Wildman–Crippen MR) is 69.8 cm³/mol. The second kappa shape index (κ2) is 5.28. The lowest BCUT2D eigenvalue weighted by Crippen LogP contribution is -2.31. The van der Waals surface area contributed by atoms with Gasteiger partial charge in [-0.15, -0.1) is 11.3 Å². The Labute approximate surface area is 102 Å². The Morgan fingerprint density at radius 1 is 1.38 bits per heavy atom. The van der Waals surface area contributed by atoms with E-state index in [9.17, 15) is 0 Å². The average molecular weight is 238 g/mol. The van der Waals surface area contributed by atoms with Crippen molar-refractivity contribution in [2.24, 2.45) is 5.92 Å². The van der Waals surface area contributed by atoms with Crippen LogP contribution in [0.1, 0.15) is 48.2 Å². The van der Waals surface area contributed by atoms with E-state index in [0.717, 1.165) is 18.5 Å². The van der Waals surface area contributed by atoms with Crippen molar-refractivity contribution in [1.82, 2.24) is 10.3 Å². The average Bonchev–Trinajstić information content (AvgIpc) is 2.81. The Bertz CT molecular complexity index is 346. The van der Waals surface area contributed by atoms with Gasteiger partial charge in [0.1, 0.15) is 0 Å². The highest BCUT2D eigenvalue weighted by molar-refractivity contribution is 7.11. The molecule has 1 saturated carbocycles. The molecule has 2 nitrogen and oxygen atoms in total. The van der Waals surface area contributed by atoms with E-state index in [2.05, 4.69) is 31.1 Å². The van der Waals surface area contributed by atoms with Gasteiger partial charge in [0.25, 0.3) is 0 Å². The number of rotatable bonds is 4. The lowest BCUT2D eigenvalue weighted by atomic mass is 10.0. The quantitative estimate of drug-likeness (QED) is 0.869. The normalized spacial score (nSPS) is 25.2. The van der Waals surface area contributed by atoms with Crippen LogP contribution in [0, 0.1) is 19.8 Å². The molecule has 0 aromatic carbocycles. The summed E-state index contributed by atoms with van der Waals surface area (Å²) >= 11 is 1.81. The molecule has 1 aromatic rings. The second-order valence-electron chi connectivity index (χ2n) is 4.82. The van der Waals surface area contributed by atoms with Gasteiger partial charge in [0, 0.05) is 17.5 Å². The molecule has 2 atom stereocenters. The third kappa shape index (κ3) is 2.64. The zero-order chi connectivity index (χ0) is 11.5. The van der Waals surface area contributed by atoms with E-state index in [1.54, 1.807) is 0 Å². The van der Waals surface area contributed by atoms with Gasteiger partial charge < -0.3 is 5.32 Å². The standard InChI is InChI=1S/C13H22N2S/c1-4-11-6-5-7-12(11)14-8-13-9(2)16-10(3)15-13/h11-12,14H,4-8H2,1-3H3. The van der Waals surface area contributed by atoms with Crippen LogP contribution >= 0.6 is 11.3 Å². The van der Waals surface area contributed by atoms with Crippen LogP contribution < -0.4 is 5.32 Å². The van der Waals surface area contributed by atoms with Crippen LogP contribution in [-0.4, -0.2) is 11.0 Å². The summed E-state index contributed by atoms with van der Waals surface area (Å²) in [6.45, 7) is 7.53. The van der Waals surface area contributed by atoms with Crippen LogP contribution in [0.25, 0.3) is 0 Å². The summed E-state index contributed by atoms with van der Waals surface area (Å²) in [6.07, 6.45) is 5.46. The van der Waals surface area contributed by atoms with Crippen LogP contribution in [0.2, 0.25) is 0 Å². The predicted octanol–water partition coefficient (Wildman–Crippen LogP) is 3.43. The summed E-state index contributed by atoms with van der Waals surface area (Å²) in [5.41, 5.74) is 1.25. The summed E-state index contributed by atoms with van der Waals surface area (Å²) < 4.78 is 0. The number of thiazole rings is 1. The zero-order valence-electron chi connectivity index (χ0n) is 10.5. The van der Waals surface area contributed by atoms with Crippen molar-refractivity contribution < 1.29 is 0 Å². The summed E-state index contributed by atoms with van der Waals surface area (Å²) in [6, 6.07) is 0.728. The van der Waals surface area contributed by atoms with E-state index in [1.165, 1.54) is 41.3 Å². The van der Waals surface area contributed by atoms with Gasteiger partial charge >= 0.3 is 0 Å². The van der Waals surface area contributed by atoms with Gasteiger partial charge in [0.05, 0.1) is 10.7 Å². The van der Waals surface area contributed by atoms with Gasteiger partial charge in [0.2, 0.25) is 0 Å². The van der Waals surface area contributed by atoms with Crippen molar-refractivity contribution >= 4 is 11.3 Å². The maximum absolute atomic E-state index is 4.58. The van der Waals surface area contributed by atoms with Crippen molar-refractivity contribution in [3.8, 4) is 0 Å². The molecule has 0 aliphatic heterocycles. The summed E-state index contributed by atoms with van der Waals surface area (Å²) in [5, 5.41) is 4.88. The third-order valence-corrected chi connectivity index (χ3v) is 4.64. The number of nitrogens with one attached hydrogen (secondary N) is 1. The van der Waals surface area contributed by atoms with Crippen LogP contribution in [0.3, 0.4) is 0 Å². The minimum Gasteiger partial charge on any atom is -0.308 e. The lowest BCUT2D eigenvalue weighted by molar-refractivity contribution is 0.388. The molecule has 0 amide bonds. The second-order valence-corrected chi connectivity index (χ2v) is 6.23. The Morgan fingerprint density at radius 3 is 2.81 bits per heavy atom. The first-order valence-electron chi connectivity index (χ1n) is 6.37. The first kappa shape index (κ1) is 12.1. The Balaban J connectivity index is 1.89. The van der Waals surface area contributed by atoms with Crippen LogP contribution in [-0.2, 0) is 6.54 Å². The first-order valence-corrected chi connectivity index (χ1v) is 7.18. The molecular formula is C13H22N2S. The van der Waals surface area contributed by atoms with E-state index in [4.69, 9.17) is 0 Å². The molecule has 0 spiro atoms. The smallest absolute Gasteiger partial charge is 0.0900 e. The van der Waals surface area contributed by atoms with Crippen molar-refractivity contribution in [3.05, 3.63) is 15.6 Å². The Morgan fingerprint density at radius 2 is 2.19 bits per heavy atom. The largest absolute Gasteiger partial charge is 0.308 e. The molecule has 1 heterocycles. The fourth-order valence-electron chi connectivity index (χ4n) is 2.76. The Hall–Kier alpha value is -0.410. The SMILES string of the molecule is CCC1CCCC1NCc1nc(C)sc1C. The minimum absolute atomic E-state index is 0.728. The molecule has 0 saturated heterocycles. The highest BCUT2D eigenvalue weighted by Gasteiger charge is 2.25. The molecule has 0 bridgehead atoms. The number of aryl methyl sites for hydroxylation is 2. The lowest BCUT2D eigenvalue weighted by Gasteiger charge is -2.19. The first-order chi connectivity index (χ1) is 7.70. The number of hydrogen-bond acceptors (Lipinski definition) is 3. The summed E-state index contributed by atoms with van der Waals surface area (Å²) in [4.78, 5) is 5.95. The molecule has 0 radical (unpaired) electrons. The number of hydrogen-bond donors (Lipinski definition) is 1. The monoisotopic (exact) mass is 238 g/mol. The van der Waals surface area contributed by atoms with E-state index in [0.29, 0.717) is 0 Å². The third-order valence-electron chi connectivity index (χ3n) is 3.71. The maximum atomic E-state index is 4.58. The van der Waals surface area contributed by atoms with Crippen molar-refractivity contribution in [2.75, 3.05) is 0 Å². The van der Waals surface area contributed by atoms with E-state index >= 15 is 0 Å². The van der Waals surface area contributed by atoms with Crippen LogP contribution in [0.5, 0.6) is 0 Å². The zero-order valence-corrected chi connectivity index (χ0v) is 11.4. The van der Waals surface area contributed by atoms with Crippen LogP contribution in [0.15, 0.2) is 0 Å². The molecule has 16 heavy (non-hydrogen) atoms. The summed E-state index contributed by atoms with van der Waals surface area (Å²) in [5.74, 6) is 0.889. The van der Waals surface area contributed by atoms with Crippen molar-refractivity contribution in [2.45, 2.75) is 59.0 Å². The van der Waals surface area contributed by atoms with E-state index in [1.807, 2.05) is 11.3 Å².